The van der Waals surface area contributed by atoms with Gasteiger partial charge in [-0.15, -0.1) is 0 Å². The van der Waals surface area contributed by atoms with Crippen molar-refractivity contribution >= 4 is 11.6 Å². The van der Waals surface area contributed by atoms with E-state index < -0.39 is 6.61 Å². The van der Waals surface area contributed by atoms with Crippen LogP contribution in [-0.2, 0) is 12.8 Å². The molecule has 1 aliphatic rings. The molecule has 0 unspecified atom stereocenters. The molecule has 1 N–H and O–H groups in total. The SMILES string of the molecule is COc1ccc(NC(=O)c2nn(-c3ccccc3)c3c2CCCCC3)cc1OC(F)F. The number of alkyl halides is 2. The zero-order valence-electron chi connectivity index (χ0n) is 17.1. The van der Waals surface area contributed by atoms with Crippen LogP contribution in [0.3, 0.4) is 0 Å². The van der Waals surface area contributed by atoms with Gasteiger partial charge in [-0.2, -0.15) is 13.9 Å². The van der Waals surface area contributed by atoms with Gasteiger partial charge in [-0.05, 0) is 49.9 Å². The van der Waals surface area contributed by atoms with Crippen LogP contribution in [0.1, 0.15) is 41.0 Å². The Balaban J connectivity index is 1.67. The van der Waals surface area contributed by atoms with Gasteiger partial charge in [-0.1, -0.05) is 24.6 Å². The lowest BCUT2D eigenvalue weighted by Crippen LogP contribution is -2.15. The van der Waals surface area contributed by atoms with Gasteiger partial charge in [0.2, 0.25) is 0 Å². The molecule has 4 rings (SSSR count). The van der Waals surface area contributed by atoms with Crippen LogP contribution in [0.4, 0.5) is 14.5 Å². The number of nitrogens with zero attached hydrogens (tertiary/aromatic N) is 2. The van der Waals surface area contributed by atoms with E-state index in [1.807, 2.05) is 35.0 Å². The fraction of sp³-hybridized carbons (Fsp3) is 0.304. The first-order valence-corrected chi connectivity index (χ1v) is 10.2. The van der Waals surface area contributed by atoms with Crippen molar-refractivity contribution in [3.63, 3.8) is 0 Å². The Morgan fingerprint density at radius 3 is 2.58 bits per heavy atom. The lowest BCUT2D eigenvalue weighted by Gasteiger charge is -2.12. The third-order valence-electron chi connectivity index (χ3n) is 5.28. The van der Waals surface area contributed by atoms with Gasteiger partial charge in [0.05, 0.1) is 12.8 Å². The maximum Gasteiger partial charge on any atom is 0.387 e. The minimum Gasteiger partial charge on any atom is -0.493 e. The molecule has 6 nitrogen and oxygen atoms in total. The highest BCUT2D eigenvalue weighted by Crippen LogP contribution is 2.32. The van der Waals surface area contributed by atoms with Gasteiger partial charge < -0.3 is 14.8 Å². The summed E-state index contributed by atoms with van der Waals surface area (Å²) in [6.45, 7) is -3.00. The van der Waals surface area contributed by atoms with Crippen LogP contribution in [-0.4, -0.2) is 29.4 Å². The first-order valence-electron chi connectivity index (χ1n) is 10.2. The normalized spacial score (nSPS) is 13.4. The summed E-state index contributed by atoms with van der Waals surface area (Å²) in [6.07, 6.45) is 4.74. The van der Waals surface area contributed by atoms with Crippen LogP contribution in [0.25, 0.3) is 5.69 Å². The van der Waals surface area contributed by atoms with Crippen LogP contribution < -0.4 is 14.8 Å². The molecule has 0 saturated carbocycles. The van der Waals surface area contributed by atoms with Gasteiger partial charge in [0.1, 0.15) is 0 Å². The average molecular weight is 427 g/mol. The maximum absolute atomic E-state index is 13.1. The number of aromatic nitrogens is 2. The highest BCUT2D eigenvalue weighted by Gasteiger charge is 2.25. The molecule has 0 radical (unpaired) electrons. The van der Waals surface area contributed by atoms with E-state index in [-0.39, 0.29) is 17.4 Å². The molecular weight excluding hydrogens is 404 g/mol. The number of anilines is 1. The number of nitrogens with one attached hydrogen (secondary N) is 1. The third-order valence-corrected chi connectivity index (χ3v) is 5.28. The highest BCUT2D eigenvalue weighted by molar-refractivity contribution is 6.04. The van der Waals surface area contributed by atoms with Gasteiger partial charge in [0.15, 0.2) is 17.2 Å². The summed E-state index contributed by atoms with van der Waals surface area (Å²) in [5, 5.41) is 7.40. The van der Waals surface area contributed by atoms with Gasteiger partial charge >= 0.3 is 6.61 Å². The summed E-state index contributed by atoms with van der Waals surface area (Å²) in [4.78, 5) is 13.1. The largest absolute Gasteiger partial charge is 0.493 e. The number of hydrogen-bond donors (Lipinski definition) is 1. The molecule has 2 aromatic carbocycles. The van der Waals surface area contributed by atoms with Crippen molar-refractivity contribution in [1.82, 2.24) is 9.78 Å². The van der Waals surface area contributed by atoms with Crippen LogP contribution in [0.5, 0.6) is 11.5 Å². The highest BCUT2D eigenvalue weighted by atomic mass is 19.3. The van der Waals surface area contributed by atoms with Gasteiger partial charge in [0, 0.05) is 23.0 Å². The van der Waals surface area contributed by atoms with Crippen molar-refractivity contribution < 1.29 is 23.0 Å². The molecule has 1 amide bonds. The number of carbonyl (C=O) groups excluding carboxylic acids is 1. The summed E-state index contributed by atoms with van der Waals surface area (Å²) in [5.74, 6) is -0.384. The number of ether oxygens (including phenoxy) is 2. The Labute approximate surface area is 178 Å². The Hall–Kier alpha value is -3.42. The smallest absolute Gasteiger partial charge is 0.387 e. The number of amides is 1. The second kappa shape index (κ2) is 9.16. The Bertz CT molecular complexity index is 1070. The number of rotatable bonds is 6. The van der Waals surface area contributed by atoms with E-state index in [0.717, 1.165) is 49.0 Å². The molecule has 0 spiro atoms. The zero-order chi connectivity index (χ0) is 21.8. The molecule has 0 saturated heterocycles. The molecule has 1 aromatic heterocycles. The van der Waals surface area contributed by atoms with Crippen molar-refractivity contribution in [2.24, 2.45) is 0 Å². The molecule has 0 atom stereocenters. The fourth-order valence-electron chi connectivity index (χ4n) is 3.87. The molecule has 1 heterocycles. The summed E-state index contributed by atoms with van der Waals surface area (Å²) >= 11 is 0. The average Bonchev–Trinajstić information content (AvgIpc) is 2.95. The molecular formula is C23H23F2N3O3. The quantitative estimate of drug-likeness (QED) is 0.562. The maximum atomic E-state index is 13.1. The first kappa shape index (κ1) is 20.8. The minimum absolute atomic E-state index is 0.149. The van der Waals surface area contributed by atoms with E-state index in [2.05, 4.69) is 15.2 Å². The monoisotopic (exact) mass is 427 g/mol. The number of hydrogen-bond acceptors (Lipinski definition) is 4. The fourth-order valence-corrected chi connectivity index (χ4v) is 3.87. The van der Waals surface area contributed by atoms with Crippen molar-refractivity contribution in [2.45, 2.75) is 38.7 Å². The van der Waals surface area contributed by atoms with E-state index in [1.54, 1.807) is 6.07 Å². The van der Waals surface area contributed by atoms with E-state index in [9.17, 15) is 13.6 Å². The minimum atomic E-state index is -3.00. The summed E-state index contributed by atoms with van der Waals surface area (Å²) in [5.41, 5.74) is 3.56. The molecule has 8 heteroatoms. The van der Waals surface area contributed by atoms with Crippen LogP contribution in [0.15, 0.2) is 48.5 Å². The summed E-state index contributed by atoms with van der Waals surface area (Å²) in [6, 6.07) is 14.1. The summed E-state index contributed by atoms with van der Waals surface area (Å²) in [7, 11) is 1.36. The zero-order valence-corrected chi connectivity index (χ0v) is 17.1. The standard InChI is InChI=1S/C23H23F2N3O3/c1-30-19-13-12-15(14-20(19)31-23(24)25)26-22(29)21-17-10-6-3-7-11-18(17)28(27-21)16-8-4-2-5-9-16/h2,4-5,8-9,12-14,23H,3,6-7,10-11H2,1H3,(H,26,29). The third kappa shape index (κ3) is 4.52. The predicted octanol–water partition coefficient (Wildman–Crippen LogP) is 5.00. The van der Waals surface area contributed by atoms with Crippen LogP contribution >= 0.6 is 0 Å². The molecule has 162 valence electrons. The lowest BCUT2D eigenvalue weighted by atomic mass is 10.1. The number of halogens is 2. The van der Waals surface area contributed by atoms with Crippen molar-refractivity contribution in [3.8, 4) is 17.2 Å². The Morgan fingerprint density at radius 2 is 1.84 bits per heavy atom. The topological polar surface area (TPSA) is 65.4 Å². The molecule has 3 aromatic rings. The van der Waals surface area contributed by atoms with Gasteiger partial charge in [0.25, 0.3) is 5.91 Å². The number of para-hydroxylation sites is 1. The number of benzene rings is 2. The predicted molar refractivity (Wildman–Crippen MR) is 112 cm³/mol. The first-order chi connectivity index (χ1) is 15.1. The van der Waals surface area contributed by atoms with Gasteiger partial charge in [-0.25, -0.2) is 4.68 Å². The van der Waals surface area contributed by atoms with E-state index in [4.69, 9.17) is 4.74 Å². The second-order valence-electron chi connectivity index (χ2n) is 7.28. The molecule has 0 fully saturated rings. The molecule has 31 heavy (non-hydrogen) atoms. The lowest BCUT2D eigenvalue weighted by molar-refractivity contribution is -0.0511. The van der Waals surface area contributed by atoms with E-state index in [1.165, 1.54) is 19.2 Å². The van der Waals surface area contributed by atoms with E-state index >= 15 is 0 Å². The van der Waals surface area contributed by atoms with Crippen molar-refractivity contribution in [2.75, 3.05) is 12.4 Å². The second-order valence-corrected chi connectivity index (χ2v) is 7.28. The number of methoxy groups -OCH3 is 1. The van der Waals surface area contributed by atoms with Crippen LogP contribution in [0, 0.1) is 0 Å². The molecule has 1 aliphatic carbocycles. The van der Waals surface area contributed by atoms with Gasteiger partial charge in [-0.3, -0.25) is 4.79 Å². The molecule has 0 bridgehead atoms. The number of carbonyl (C=O) groups is 1. The van der Waals surface area contributed by atoms with Crippen molar-refractivity contribution in [3.05, 3.63) is 65.5 Å². The molecule has 0 aliphatic heterocycles. The van der Waals surface area contributed by atoms with Crippen LogP contribution in [0.2, 0.25) is 0 Å². The van der Waals surface area contributed by atoms with E-state index in [0.29, 0.717) is 11.4 Å². The van der Waals surface area contributed by atoms with Crippen molar-refractivity contribution in [1.29, 1.82) is 0 Å². The number of fused-ring (bicyclic) bond motifs is 1. The summed E-state index contributed by atoms with van der Waals surface area (Å²) < 4.78 is 36.8. The Kier molecular flexibility index (Phi) is 6.16. The Morgan fingerprint density at radius 1 is 1.06 bits per heavy atom.